The molecule has 4 nitrogen and oxygen atoms in total. The highest BCUT2D eigenvalue weighted by molar-refractivity contribution is 5.85. The van der Waals surface area contributed by atoms with E-state index in [0.717, 1.165) is 19.5 Å². The van der Waals surface area contributed by atoms with Crippen LogP contribution in [-0.2, 0) is 4.79 Å². The van der Waals surface area contributed by atoms with Gasteiger partial charge in [-0.1, -0.05) is 0 Å². The molecule has 0 radical (unpaired) electrons. The van der Waals surface area contributed by atoms with Gasteiger partial charge in [0.2, 0.25) is 5.91 Å². The van der Waals surface area contributed by atoms with Crippen molar-refractivity contribution in [1.29, 1.82) is 0 Å². The van der Waals surface area contributed by atoms with E-state index in [1.54, 1.807) is 13.8 Å². The van der Waals surface area contributed by atoms with Crippen molar-refractivity contribution < 1.29 is 4.79 Å². The Kier molecular flexibility index (Phi) is 2.93. The lowest BCUT2D eigenvalue weighted by Gasteiger charge is -2.21. The van der Waals surface area contributed by atoms with Gasteiger partial charge in [0.15, 0.2) is 0 Å². The molecule has 1 heterocycles. The summed E-state index contributed by atoms with van der Waals surface area (Å²) in [5.41, 5.74) is 4.90. The van der Waals surface area contributed by atoms with Crippen LogP contribution in [0.5, 0.6) is 0 Å². The average Bonchev–Trinajstić information content (AvgIpc) is 2.33. The fourth-order valence-electron chi connectivity index (χ4n) is 1.42. The first-order chi connectivity index (χ1) is 5.89. The molecule has 1 aliphatic rings. The van der Waals surface area contributed by atoms with Gasteiger partial charge in [-0.15, -0.1) is 0 Å². The zero-order valence-corrected chi connectivity index (χ0v) is 8.63. The SMILES string of the molecule is CN1CCC(NC(=O)C(C)(C)N)C1. The van der Waals surface area contributed by atoms with E-state index in [1.165, 1.54) is 0 Å². The van der Waals surface area contributed by atoms with E-state index in [0.29, 0.717) is 0 Å². The molecule has 4 heteroatoms. The molecule has 76 valence electrons. The largest absolute Gasteiger partial charge is 0.350 e. The topological polar surface area (TPSA) is 58.4 Å². The van der Waals surface area contributed by atoms with Crippen molar-refractivity contribution in [3.63, 3.8) is 0 Å². The monoisotopic (exact) mass is 185 g/mol. The first-order valence-electron chi connectivity index (χ1n) is 4.68. The Labute approximate surface area is 79.5 Å². The van der Waals surface area contributed by atoms with Crippen LogP contribution in [0.3, 0.4) is 0 Å². The molecule has 0 spiro atoms. The summed E-state index contributed by atoms with van der Waals surface area (Å²) in [5, 5.41) is 2.94. The third-order valence-electron chi connectivity index (χ3n) is 2.31. The first kappa shape index (κ1) is 10.5. The van der Waals surface area contributed by atoms with E-state index >= 15 is 0 Å². The van der Waals surface area contributed by atoms with E-state index in [1.807, 2.05) is 0 Å². The Balaban J connectivity index is 2.37. The van der Waals surface area contributed by atoms with E-state index in [9.17, 15) is 4.79 Å². The third kappa shape index (κ3) is 2.97. The van der Waals surface area contributed by atoms with E-state index in [-0.39, 0.29) is 11.9 Å². The zero-order valence-electron chi connectivity index (χ0n) is 8.63. The van der Waals surface area contributed by atoms with Crippen LogP contribution in [-0.4, -0.2) is 42.5 Å². The second kappa shape index (κ2) is 3.64. The first-order valence-corrected chi connectivity index (χ1v) is 4.68. The Bertz CT molecular complexity index is 198. The fourth-order valence-corrected chi connectivity index (χ4v) is 1.42. The predicted octanol–water partition coefficient (Wildman–Crippen LogP) is -0.456. The minimum atomic E-state index is -0.763. The van der Waals surface area contributed by atoms with Crippen molar-refractivity contribution in [2.24, 2.45) is 5.73 Å². The number of carbonyl (C=O) groups excluding carboxylic acids is 1. The summed E-state index contributed by atoms with van der Waals surface area (Å²) in [5.74, 6) is -0.0622. The number of amides is 1. The normalized spacial score (nSPS) is 24.8. The summed E-state index contributed by atoms with van der Waals surface area (Å²) < 4.78 is 0. The van der Waals surface area contributed by atoms with Crippen LogP contribution in [0.2, 0.25) is 0 Å². The number of carbonyl (C=O) groups is 1. The van der Waals surface area contributed by atoms with Crippen LogP contribution >= 0.6 is 0 Å². The molecular weight excluding hydrogens is 166 g/mol. The molecule has 1 fully saturated rings. The Morgan fingerprint density at radius 3 is 2.62 bits per heavy atom. The van der Waals surface area contributed by atoms with Gasteiger partial charge < -0.3 is 16.0 Å². The Hall–Kier alpha value is -0.610. The third-order valence-corrected chi connectivity index (χ3v) is 2.31. The van der Waals surface area contributed by atoms with E-state index in [2.05, 4.69) is 17.3 Å². The molecule has 1 rings (SSSR count). The van der Waals surface area contributed by atoms with Gasteiger partial charge in [0.25, 0.3) is 0 Å². The molecular formula is C9H19N3O. The smallest absolute Gasteiger partial charge is 0.239 e. The highest BCUT2D eigenvalue weighted by Crippen LogP contribution is 2.07. The van der Waals surface area contributed by atoms with Crippen LogP contribution in [0.4, 0.5) is 0 Å². The fraction of sp³-hybridized carbons (Fsp3) is 0.889. The van der Waals surface area contributed by atoms with Crippen molar-refractivity contribution in [3.05, 3.63) is 0 Å². The number of likely N-dealkylation sites (N-methyl/N-ethyl adjacent to an activating group) is 1. The van der Waals surface area contributed by atoms with Gasteiger partial charge in [0.1, 0.15) is 0 Å². The maximum atomic E-state index is 11.5. The zero-order chi connectivity index (χ0) is 10.1. The van der Waals surface area contributed by atoms with Gasteiger partial charge >= 0.3 is 0 Å². The Morgan fingerprint density at radius 2 is 2.23 bits per heavy atom. The molecule has 1 atom stereocenters. The van der Waals surface area contributed by atoms with Crippen LogP contribution in [0.15, 0.2) is 0 Å². The predicted molar refractivity (Wildman–Crippen MR) is 52.3 cm³/mol. The molecule has 0 aromatic heterocycles. The van der Waals surface area contributed by atoms with Gasteiger partial charge in [-0.3, -0.25) is 4.79 Å². The number of nitrogens with two attached hydrogens (primary N) is 1. The van der Waals surface area contributed by atoms with Crippen LogP contribution < -0.4 is 11.1 Å². The van der Waals surface area contributed by atoms with Crippen molar-refractivity contribution in [3.8, 4) is 0 Å². The number of rotatable bonds is 2. The quantitative estimate of drug-likeness (QED) is 0.612. The molecule has 1 amide bonds. The average molecular weight is 185 g/mol. The van der Waals surface area contributed by atoms with Crippen molar-refractivity contribution in [1.82, 2.24) is 10.2 Å². The molecule has 0 saturated carbocycles. The van der Waals surface area contributed by atoms with Gasteiger partial charge in [-0.2, -0.15) is 0 Å². The van der Waals surface area contributed by atoms with Crippen LogP contribution in [0.1, 0.15) is 20.3 Å². The van der Waals surface area contributed by atoms with E-state index in [4.69, 9.17) is 5.73 Å². The molecule has 13 heavy (non-hydrogen) atoms. The lowest BCUT2D eigenvalue weighted by molar-refractivity contribution is -0.125. The number of likely N-dealkylation sites (tertiary alicyclic amines) is 1. The summed E-state index contributed by atoms with van der Waals surface area (Å²) in [6.45, 7) is 5.43. The maximum absolute atomic E-state index is 11.5. The lowest BCUT2D eigenvalue weighted by Crippen LogP contribution is -2.52. The molecule has 3 N–H and O–H groups in total. The lowest BCUT2D eigenvalue weighted by atomic mass is 10.1. The molecule has 1 unspecified atom stereocenters. The summed E-state index contributed by atoms with van der Waals surface area (Å²) in [6.07, 6.45) is 1.03. The summed E-state index contributed by atoms with van der Waals surface area (Å²) in [4.78, 5) is 13.7. The van der Waals surface area contributed by atoms with Gasteiger partial charge in [-0.05, 0) is 33.9 Å². The van der Waals surface area contributed by atoms with Gasteiger partial charge in [-0.25, -0.2) is 0 Å². The number of hydrogen-bond donors (Lipinski definition) is 2. The van der Waals surface area contributed by atoms with Crippen molar-refractivity contribution >= 4 is 5.91 Å². The van der Waals surface area contributed by atoms with Crippen molar-refractivity contribution in [2.45, 2.75) is 31.8 Å². The molecule has 0 aromatic rings. The Morgan fingerprint density at radius 1 is 1.62 bits per heavy atom. The second-order valence-corrected chi connectivity index (χ2v) is 4.44. The molecule has 1 saturated heterocycles. The van der Waals surface area contributed by atoms with Crippen molar-refractivity contribution in [2.75, 3.05) is 20.1 Å². The standard InChI is InChI=1S/C9H19N3O/c1-9(2,10)8(13)11-7-4-5-12(3)6-7/h7H,4-6,10H2,1-3H3,(H,11,13). The summed E-state index contributed by atoms with van der Waals surface area (Å²) in [7, 11) is 2.06. The van der Waals surface area contributed by atoms with Gasteiger partial charge in [0.05, 0.1) is 5.54 Å². The summed E-state index contributed by atoms with van der Waals surface area (Å²) >= 11 is 0. The summed E-state index contributed by atoms with van der Waals surface area (Å²) in [6, 6.07) is 0.278. The molecule has 1 aliphatic heterocycles. The maximum Gasteiger partial charge on any atom is 0.239 e. The number of nitrogens with one attached hydrogen (secondary N) is 1. The highest BCUT2D eigenvalue weighted by Gasteiger charge is 2.27. The van der Waals surface area contributed by atoms with Crippen LogP contribution in [0, 0.1) is 0 Å². The van der Waals surface area contributed by atoms with Gasteiger partial charge in [0, 0.05) is 12.6 Å². The second-order valence-electron chi connectivity index (χ2n) is 4.44. The number of hydrogen-bond acceptors (Lipinski definition) is 3. The molecule has 0 aliphatic carbocycles. The minimum Gasteiger partial charge on any atom is -0.350 e. The minimum absolute atomic E-state index is 0.0622. The number of nitrogens with zero attached hydrogens (tertiary/aromatic N) is 1. The van der Waals surface area contributed by atoms with Crippen LogP contribution in [0.25, 0.3) is 0 Å². The highest BCUT2D eigenvalue weighted by atomic mass is 16.2. The molecule has 0 bridgehead atoms. The van der Waals surface area contributed by atoms with E-state index < -0.39 is 5.54 Å². The molecule has 0 aromatic carbocycles.